The van der Waals surface area contributed by atoms with Gasteiger partial charge in [0.05, 0.1) is 15.7 Å². The molecule has 2 N–H and O–H groups in total. The van der Waals surface area contributed by atoms with Gasteiger partial charge in [-0.2, -0.15) is 4.98 Å². The van der Waals surface area contributed by atoms with Gasteiger partial charge in [-0.15, -0.1) is 11.8 Å². The molecule has 21 heavy (non-hydrogen) atoms. The highest BCUT2D eigenvalue weighted by Crippen LogP contribution is 2.32. The molecule has 0 unspecified atom stereocenters. The van der Waals surface area contributed by atoms with Crippen molar-refractivity contribution in [3.05, 3.63) is 41.3 Å². The third kappa shape index (κ3) is 3.25. The highest BCUT2D eigenvalue weighted by Gasteiger charge is 2.11. The lowest BCUT2D eigenvalue weighted by atomic mass is 10.1. The van der Waals surface area contributed by atoms with Crippen molar-refractivity contribution >= 4 is 28.2 Å². The molecule has 0 saturated carbocycles. The lowest BCUT2D eigenvalue weighted by molar-refractivity contribution is 0.425. The highest BCUT2D eigenvalue weighted by molar-refractivity contribution is 8.00. The smallest absolute Gasteiger partial charge is 0.257 e. The fourth-order valence-electron chi connectivity index (χ4n) is 1.87. The minimum absolute atomic E-state index is 0.551. The maximum absolute atomic E-state index is 5.69. The summed E-state index contributed by atoms with van der Waals surface area (Å²) in [5.74, 6) is 1.86. The van der Waals surface area contributed by atoms with Crippen molar-refractivity contribution in [3.8, 4) is 11.5 Å². The summed E-state index contributed by atoms with van der Waals surface area (Å²) in [6.07, 6.45) is 0. The number of thiazole rings is 1. The Morgan fingerprint density at radius 3 is 2.86 bits per heavy atom. The summed E-state index contributed by atoms with van der Waals surface area (Å²) in [6, 6.07) is 8.00. The highest BCUT2D eigenvalue weighted by atomic mass is 32.2. The molecule has 7 heteroatoms. The summed E-state index contributed by atoms with van der Waals surface area (Å²) >= 11 is 3.11. The average molecular weight is 318 g/mol. The van der Waals surface area contributed by atoms with Gasteiger partial charge >= 0.3 is 0 Å². The molecular formula is C14H14N4OS2. The number of nitrogen functional groups attached to an aromatic ring is 1. The van der Waals surface area contributed by atoms with E-state index >= 15 is 0 Å². The molecule has 0 aliphatic heterocycles. The molecule has 0 amide bonds. The van der Waals surface area contributed by atoms with Crippen LogP contribution in [0, 0.1) is 13.8 Å². The van der Waals surface area contributed by atoms with Gasteiger partial charge in [-0.05, 0) is 26.0 Å². The van der Waals surface area contributed by atoms with Gasteiger partial charge in [0, 0.05) is 5.56 Å². The molecule has 0 aliphatic rings. The number of thioether (sulfide) groups is 1. The van der Waals surface area contributed by atoms with E-state index in [4.69, 9.17) is 10.3 Å². The van der Waals surface area contributed by atoms with Gasteiger partial charge in [0.2, 0.25) is 0 Å². The first-order chi connectivity index (χ1) is 10.1. The Hall–Kier alpha value is -1.86. The number of aromatic nitrogens is 3. The van der Waals surface area contributed by atoms with Crippen LogP contribution in [-0.2, 0) is 5.75 Å². The lowest BCUT2D eigenvalue weighted by Crippen LogP contribution is -1.84. The second kappa shape index (κ2) is 5.87. The third-order valence-corrected chi connectivity index (χ3v) is 5.18. The van der Waals surface area contributed by atoms with E-state index in [-0.39, 0.29) is 0 Å². The van der Waals surface area contributed by atoms with Crippen molar-refractivity contribution in [1.82, 2.24) is 15.1 Å². The van der Waals surface area contributed by atoms with Gasteiger partial charge in [0.1, 0.15) is 0 Å². The molecule has 1 aromatic carbocycles. The van der Waals surface area contributed by atoms with Crippen molar-refractivity contribution in [1.29, 1.82) is 0 Å². The van der Waals surface area contributed by atoms with Gasteiger partial charge in [-0.25, -0.2) is 4.98 Å². The summed E-state index contributed by atoms with van der Waals surface area (Å²) < 4.78 is 6.41. The molecule has 0 aliphatic carbocycles. The summed E-state index contributed by atoms with van der Waals surface area (Å²) in [4.78, 5) is 8.62. The van der Waals surface area contributed by atoms with E-state index in [1.165, 1.54) is 11.3 Å². The van der Waals surface area contributed by atoms with E-state index in [2.05, 4.69) is 15.1 Å². The SMILES string of the molecule is Cc1cccc(-c2nc(CSc3sc(N)nc3C)no2)c1. The monoisotopic (exact) mass is 318 g/mol. The Morgan fingerprint density at radius 1 is 1.29 bits per heavy atom. The third-order valence-electron chi connectivity index (χ3n) is 2.84. The van der Waals surface area contributed by atoms with Crippen LogP contribution in [0.25, 0.3) is 11.5 Å². The number of aryl methyl sites for hydroxylation is 2. The molecule has 0 spiro atoms. The summed E-state index contributed by atoms with van der Waals surface area (Å²) in [5, 5.41) is 4.61. The van der Waals surface area contributed by atoms with Crippen LogP contribution in [0.3, 0.4) is 0 Å². The van der Waals surface area contributed by atoms with Crippen LogP contribution in [0.2, 0.25) is 0 Å². The van der Waals surface area contributed by atoms with Crippen LogP contribution < -0.4 is 5.73 Å². The summed E-state index contributed by atoms with van der Waals surface area (Å²) in [6.45, 7) is 3.98. The fraction of sp³-hybridized carbons (Fsp3) is 0.214. The second-order valence-electron chi connectivity index (χ2n) is 4.60. The van der Waals surface area contributed by atoms with Crippen LogP contribution in [0.5, 0.6) is 0 Å². The van der Waals surface area contributed by atoms with Gasteiger partial charge in [0.15, 0.2) is 11.0 Å². The zero-order valence-corrected chi connectivity index (χ0v) is 13.3. The zero-order valence-electron chi connectivity index (χ0n) is 11.7. The quantitative estimate of drug-likeness (QED) is 0.739. The normalized spacial score (nSPS) is 11.0. The topological polar surface area (TPSA) is 77.8 Å². The minimum Gasteiger partial charge on any atom is -0.375 e. The number of nitrogens with zero attached hydrogens (tertiary/aromatic N) is 3. The van der Waals surface area contributed by atoms with Gasteiger partial charge < -0.3 is 10.3 Å². The molecule has 0 fully saturated rings. The average Bonchev–Trinajstić information content (AvgIpc) is 3.03. The molecule has 3 rings (SSSR count). The number of benzene rings is 1. The van der Waals surface area contributed by atoms with E-state index < -0.39 is 0 Å². The first-order valence-electron chi connectivity index (χ1n) is 6.37. The molecule has 108 valence electrons. The van der Waals surface area contributed by atoms with Crippen molar-refractivity contribution < 1.29 is 4.52 Å². The maximum Gasteiger partial charge on any atom is 0.257 e. The second-order valence-corrected chi connectivity index (χ2v) is 6.87. The number of hydrogen-bond donors (Lipinski definition) is 1. The first-order valence-corrected chi connectivity index (χ1v) is 8.17. The van der Waals surface area contributed by atoms with E-state index in [9.17, 15) is 0 Å². The molecule has 0 saturated heterocycles. The largest absolute Gasteiger partial charge is 0.375 e. The standard InChI is InChI=1S/C14H14N4OS2/c1-8-4-3-5-10(6-8)12-17-11(18-19-12)7-20-13-9(2)16-14(15)21-13/h3-6H,7H2,1-2H3,(H2,15,16). The molecular weight excluding hydrogens is 304 g/mol. The molecule has 5 nitrogen and oxygen atoms in total. The summed E-state index contributed by atoms with van der Waals surface area (Å²) in [5.41, 5.74) is 8.74. The van der Waals surface area contributed by atoms with E-state index in [1.807, 2.05) is 38.1 Å². The molecule has 0 bridgehead atoms. The molecule has 0 atom stereocenters. The van der Waals surface area contributed by atoms with Crippen molar-refractivity contribution in [3.63, 3.8) is 0 Å². The number of anilines is 1. The Kier molecular flexibility index (Phi) is 3.94. The molecule has 2 aromatic heterocycles. The van der Waals surface area contributed by atoms with E-state index in [1.54, 1.807) is 11.8 Å². The van der Waals surface area contributed by atoms with E-state index in [0.717, 1.165) is 21.0 Å². The minimum atomic E-state index is 0.551. The fourth-order valence-corrected chi connectivity index (χ4v) is 3.74. The molecule has 2 heterocycles. The van der Waals surface area contributed by atoms with Crippen LogP contribution in [0.4, 0.5) is 5.13 Å². The zero-order chi connectivity index (χ0) is 14.8. The maximum atomic E-state index is 5.69. The predicted octanol–water partition coefficient (Wildman–Crippen LogP) is 3.68. The van der Waals surface area contributed by atoms with Crippen molar-refractivity contribution in [2.45, 2.75) is 23.8 Å². The van der Waals surface area contributed by atoms with Crippen LogP contribution in [0.1, 0.15) is 17.1 Å². The molecule has 0 radical (unpaired) electrons. The van der Waals surface area contributed by atoms with Gasteiger partial charge in [0.25, 0.3) is 5.89 Å². The summed E-state index contributed by atoms with van der Waals surface area (Å²) in [7, 11) is 0. The van der Waals surface area contributed by atoms with Crippen molar-refractivity contribution in [2.24, 2.45) is 0 Å². The van der Waals surface area contributed by atoms with Gasteiger partial charge in [-0.1, -0.05) is 34.2 Å². The first kappa shape index (κ1) is 14.1. The predicted molar refractivity (Wildman–Crippen MR) is 85.3 cm³/mol. The van der Waals surface area contributed by atoms with Crippen LogP contribution in [-0.4, -0.2) is 15.1 Å². The van der Waals surface area contributed by atoms with Crippen LogP contribution in [0.15, 0.2) is 33.0 Å². The number of nitrogens with two attached hydrogens (primary N) is 1. The lowest BCUT2D eigenvalue weighted by Gasteiger charge is -1.95. The Labute approximate surface area is 130 Å². The van der Waals surface area contributed by atoms with Crippen LogP contribution >= 0.6 is 23.1 Å². The van der Waals surface area contributed by atoms with Gasteiger partial charge in [-0.3, -0.25) is 0 Å². The number of hydrogen-bond acceptors (Lipinski definition) is 7. The van der Waals surface area contributed by atoms with Crippen molar-refractivity contribution in [2.75, 3.05) is 5.73 Å². The number of rotatable bonds is 4. The Balaban J connectivity index is 1.72. The Morgan fingerprint density at radius 2 is 2.14 bits per heavy atom. The van der Waals surface area contributed by atoms with E-state index in [0.29, 0.717) is 22.6 Å². The Bertz CT molecular complexity index is 766. The molecule has 3 aromatic rings.